The number of phenols is 1. The van der Waals surface area contributed by atoms with Gasteiger partial charge in [-0.05, 0) is 36.2 Å². The number of methoxy groups -OCH3 is 1. The van der Waals surface area contributed by atoms with Crippen molar-refractivity contribution in [1.29, 1.82) is 0 Å². The smallest absolute Gasteiger partial charge is 0.196 e. The van der Waals surface area contributed by atoms with Crippen molar-refractivity contribution in [2.45, 2.75) is 13.0 Å². The maximum atomic E-state index is 13.1. The molecule has 4 aromatic rings. The third-order valence-electron chi connectivity index (χ3n) is 5.48. The number of carbonyl (C=O) groups excluding carboxylic acids is 1. The normalized spacial score (nSPS) is 12.2. The van der Waals surface area contributed by atoms with Crippen LogP contribution in [0.1, 0.15) is 21.5 Å². The van der Waals surface area contributed by atoms with E-state index in [0.717, 1.165) is 34.5 Å². The average molecular weight is 369 g/mol. The van der Waals surface area contributed by atoms with E-state index < -0.39 is 0 Å². The van der Waals surface area contributed by atoms with Crippen molar-refractivity contribution in [3.05, 3.63) is 83.4 Å². The standard InChI is InChI=1S/C24H19NO3/c1-28-16-7-4-6-15(14-16)12-13-25-19-10-5-11-20(26)21(19)22-23(25)17-8-2-3-9-18(17)24(22)27/h2-11,14,26H,12-13H2,1H3. The van der Waals surface area contributed by atoms with Gasteiger partial charge in [-0.2, -0.15) is 0 Å². The molecule has 1 aliphatic carbocycles. The Balaban J connectivity index is 1.68. The quantitative estimate of drug-likeness (QED) is 0.495. The van der Waals surface area contributed by atoms with Crippen LogP contribution in [-0.4, -0.2) is 22.6 Å². The Morgan fingerprint density at radius 3 is 2.57 bits per heavy atom. The van der Waals surface area contributed by atoms with Crippen molar-refractivity contribution >= 4 is 16.7 Å². The van der Waals surface area contributed by atoms with Gasteiger partial charge in [0.05, 0.1) is 29.3 Å². The zero-order valence-electron chi connectivity index (χ0n) is 15.5. The summed E-state index contributed by atoms with van der Waals surface area (Å²) < 4.78 is 7.49. The zero-order valence-corrected chi connectivity index (χ0v) is 15.5. The molecule has 4 heteroatoms. The van der Waals surface area contributed by atoms with Gasteiger partial charge in [0.15, 0.2) is 5.78 Å². The van der Waals surface area contributed by atoms with Gasteiger partial charge >= 0.3 is 0 Å². The predicted octanol–water partition coefficient (Wildman–Crippen LogP) is 4.81. The van der Waals surface area contributed by atoms with Crippen LogP contribution < -0.4 is 4.74 Å². The summed E-state index contributed by atoms with van der Waals surface area (Å²) in [4.78, 5) is 13.1. The van der Waals surface area contributed by atoms with Gasteiger partial charge in [0.2, 0.25) is 0 Å². The first-order valence-electron chi connectivity index (χ1n) is 9.30. The molecule has 4 nitrogen and oxygen atoms in total. The summed E-state index contributed by atoms with van der Waals surface area (Å²) >= 11 is 0. The molecule has 1 heterocycles. The van der Waals surface area contributed by atoms with E-state index in [-0.39, 0.29) is 11.5 Å². The Morgan fingerprint density at radius 2 is 1.75 bits per heavy atom. The van der Waals surface area contributed by atoms with Crippen molar-refractivity contribution in [2.24, 2.45) is 0 Å². The molecule has 1 aliphatic rings. The van der Waals surface area contributed by atoms with Gasteiger partial charge in [0.25, 0.3) is 0 Å². The number of ether oxygens (including phenoxy) is 1. The summed E-state index contributed by atoms with van der Waals surface area (Å²) in [6.07, 6.45) is 0.791. The molecule has 138 valence electrons. The molecule has 0 amide bonds. The highest BCUT2D eigenvalue weighted by Crippen LogP contribution is 2.45. The average Bonchev–Trinajstić information content (AvgIpc) is 3.21. The van der Waals surface area contributed by atoms with E-state index in [1.54, 1.807) is 13.2 Å². The predicted molar refractivity (Wildman–Crippen MR) is 109 cm³/mol. The molecule has 0 unspecified atom stereocenters. The summed E-state index contributed by atoms with van der Waals surface area (Å²) in [5.41, 5.74) is 5.19. The molecule has 0 fully saturated rings. The van der Waals surface area contributed by atoms with E-state index in [0.29, 0.717) is 23.1 Å². The molecule has 5 rings (SSSR count). The van der Waals surface area contributed by atoms with E-state index in [2.05, 4.69) is 10.6 Å². The van der Waals surface area contributed by atoms with E-state index >= 15 is 0 Å². The molecule has 28 heavy (non-hydrogen) atoms. The SMILES string of the molecule is COc1cccc(CCn2c3c(c4c(O)cccc42)C(=O)c2ccccc2-3)c1. The second-order valence-electron chi connectivity index (χ2n) is 7.02. The Morgan fingerprint density at radius 1 is 0.964 bits per heavy atom. The van der Waals surface area contributed by atoms with Crippen molar-refractivity contribution in [3.63, 3.8) is 0 Å². The first-order chi connectivity index (χ1) is 13.7. The largest absolute Gasteiger partial charge is 0.507 e. The van der Waals surface area contributed by atoms with E-state index in [9.17, 15) is 9.90 Å². The molecule has 0 aliphatic heterocycles. The number of hydrogen-bond donors (Lipinski definition) is 1. The Bertz CT molecular complexity index is 1240. The lowest BCUT2D eigenvalue weighted by Crippen LogP contribution is -2.03. The first-order valence-corrected chi connectivity index (χ1v) is 9.30. The number of benzene rings is 3. The zero-order chi connectivity index (χ0) is 19.3. The molecule has 0 radical (unpaired) electrons. The summed E-state index contributed by atoms with van der Waals surface area (Å²) in [7, 11) is 1.66. The molecule has 0 saturated heterocycles. The number of ketones is 1. The summed E-state index contributed by atoms with van der Waals surface area (Å²) in [5.74, 6) is 0.963. The fraction of sp³-hybridized carbons (Fsp3) is 0.125. The molecule has 1 aromatic heterocycles. The maximum absolute atomic E-state index is 13.1. The number of hydrogen-bond acceptors (Lipinski definition) is 3. The van der Waals surface area contributed by atoms with Crippen molar-refractivity contribution in [2.75, 3.05) is 7.11 Å². The van der Waals surface area contributed by atoms with E-state index in [1.165, 1.54) is 0 Å². The van der Waals surface area contributed by atoms with Crippen LogP contribution in [0.4, 0.5) is 0 Å². The van der Waals surface area contributed by atoms with E-state index in [1.807, 2.05) is 54.6 Å². The van der Waals surface area contributed by atoms with Crippen molar-refractivity contribution in [1.82, 2.24) is 4.57 Å². The summed E-state index contributed by atoms with van der Waals surface area (Å²) in [5, 5.41) is 11.2. The Kier molecular flexibility index (Phi) is 3.72. The van der Waals surface area contributed by atoms with E-state index in [4.69, 9.17) is 4.74 Å². The summed E-state index contributed by atoms with van der Waals surface area (Å²) in [6.45, 7) is 0.698. The van der Waals surface area contributed by atoms with Crippen LogP contribution in [0.2, 0.25) is 0 Å². The van der Waals surface area contributed by atoms with Crippen LogP contribution in [0, 0.1) is 0 Å². The van der Waals surface area contributed by atoms with Crippen molar-refractivity contribution in [3.8, 4) is 22.8 Å². The van der Waals surface area contributed by atoms with Crippen LogP contribution in [0.25, 0.3) is 22.2 Å². The second kappa shape index (κ2) is 6.27. The van der Waals surface area contributed by atoms with Gasteiger partial charge in [0.1, 0.15) is 11.5 Å². The van der Waals surface area contributed by atoms with Crippen LogP contribution in [0.15, 0.2) is 66.7 Å². The minimum atomic E-state index is -0.0165. The molecule has 0 bridgehead atoms. The van der Waals surface area contributed by atoms with Gasteiger partial charge in [-0.3, -0.25) is 4.79 Å². The third kappa shape index (κ3) is 2.34. The molecule has 1 N–H and O–H groups in total. The minimum Gasteiger partial charge on any atom is -0.507 e. The lowest BCUT2D eigenvalue weighted by molar-refractivity contribution is 0.104. The number of nitrogens with zero attached hydrogens (tertiary/aromatic N) is 1. The lowest BCUT2D eigenvalue weighted by Gasteiger charge is -2.12. The fourth-order valence-electron chi connectivity index (χ4n) is 4.21. The highest BCUT2D eigenvalue weighted by molar-refractivity contribution is 6.28. The monoisotopic (exact) mass is 369 g/mol. The van der Waals surface area contributed by atoms with Gasteiger partial charge in [-0.15, -0.1) is 0 Å². The molecular weight excluding hydrogens is 350 g/mol. The highest BCUT2D eigenvalue weighted by atomic mass is 16.5. The number of aromatic nitrogens is 1. The summed E-state index contributed by atoms with van der Waals surface area (Å²) in [6, 6.07) is 21.1. The molecule has 0 spiro atoms. The van der Waals surface area contributed by atoms with Gasteiger partial charge in [-0.25, -0.2) is 0 Å². The maximum Gasteiger partial charge on any atom is 0.196 e. The fourth-order valence-corrected chi connectivity index (χ4v) is 4.21. The van der Waals surface area contributed by atoms with Gasteiger partial charge in [-0.1, -0.05) is 42.5 Å². The Hall–Kier alpha value is -3.53. The number of rotatable bonds is 4. The topological polar surface area (TPSA) is 51.5 Å². The number of phenolic OH excluding ortho intramolecular Hbond substituents is 1. The number of fused-ring (bicyclic) bond motifs is 5. The minimum absolute atomic E-state index is 0.0165. The number of carbonyl (C=O) groups is 1. The van der Waals surface area contributed by atoms with Gasteiger partial charge < -0.3 is 14.4 Å². The first kappa shape index (κ1) is 16.6. The highest BCUT2D eigenvalue weighted by Gasteiger charge is 2.34. The van der Waals surface area contributed by atoms with Crippen LogP contribution in [0.5, 0.6) is 11.5 Å². The molecule has 0 saturated carbocycles. The molecular formula is C24H19NO3. The number of aromatic hydroxyl groups is 1. The van der Waals surface area contributed by atoms with Crippen LogP contribution in [0.3, 0.4) is 0 Å². The Labute approximate surface area is 162 Å². The molecule has 3 aromatic carbocycles. The second-order valence-corrected chi connectivity index (χ2v) is 7.02. The third-order valence-corrected chi connectivity index (χ3v) is 5.48. The number of aryl methyl sites for hydroxylation is 2. The van der Waals surface area contributed by atoms with Crippen molar-refractivity contribution < 1.29 is 14.6 Å². The lowest BCUT2D eigenvalue weighted by atomic mass is 10.1. The van der Waals surface area contributed by atoms with Crippen LogP contribution >= 0.6 is 0 Å². The van der Waals surface area contributed by atoms with Crippen LogP contribution in [-0.2, 0) is 13.0 Å². The molecule has 0 atom stereocenters. The van der Waals surface area contributed by atoms with Gasteiger partial charge in [0, 0.05) is 17.7 Å².